The van der Waals surface area contributed by atoms with Crippen LogP contribution in [0.5, 0.6) is 0 Å². The number of piperidine rings is 1. The monoisotopic (exact) mass is 205 g/mol. The van der Waals surface area contributed by atoms with Crippen LogP contribution >= 0.6 is 0 Å². The van der Waals surface area contributed by atoms with Gasteiger partial charge in [-0.05, 0) is 31.5 Å². The summed E-state index contributed by atoms with van der Waals surface area (Å²) in [6, 6.07) is 6.69. The van der Waals surface area contributed by atoms with Crippen molar-refractivity contribution in [3.8, 4) is 0 Å². The van der Waals surface area contributed by atoms with Crippen LogP contribution in [0.25, 0.3) is 0 Å². The van der Waals surface area contributed by atoms with Gasteiger partial charge in [-0.15, -0.1) is 0 Å². The van der Waals surface area contributed by atoms with Crippen molar-refractivity contribution in [2.75, 3.05) is 13.1 Å². The van der Waals surface area contributed by atoms with E-state index in [0.717, 1.165) is 18.8 Å². The predicted octanol–water partition coefficient (Wildman–Crippen LogP) is 1.31. The molecule has 0 amide bonds. The fourth-order valence-corrected chi connectivity index (χ4v) is 1.98. The van der Waals surface area contributed by atoms with Crippen molar-refractivity contribution in [3.05, 3.63) is 30.1 Å². The molecular weight excluding hydrogens is 186 g/mol. The molecule has 0 bridgehead atoms. The normalized spacial score (nSPS) is 21.5. The summed E-state index contributed by atoms with van der Waals surface area (Å²) in [5, 5.41) is 6.97. The summed E-state index contributed by atoms with van der Waals surface area (Å²) in [6.07, 6.45) is 5.84. The Balaban J connectivity index is 1.66. The molecule has 1 aliphatic rings. The van der Waals surface area contributed by atoms with Gasteiger partial charge in [-0.3, -0.25) is 4.98 Å². The van der Waals surface area contributed by atoms with Crippen LogP contribution in [0.2, 0.25) is 0 Å². The zero-order valence-electron chi connectivity index (χ0n) is 9.08. The van der Waals surface area contributed by atoms with Crippen LogP contribution in [-0.4, -0.2) is 24.1 Å². The van der Waals surface area contributed by atoms with Crippen LogP contribution in [-0.2, 0) is 6.54 Å². The van der Waals surface area contributed by atoms with Gasteiger partial charge in [0.1, 0.15) is 0 Å². The molecule has 82 valence electrons. The molecule has 1 saturated heterocycles. The van der Waals surface area contributed by atoms with Gasteiger partial charge in [0.25, 0.3) is 0 Å². The maximum absolute atomic E-state index is 4.28. The van der Waals surface area contributed by atoms with Crippen molar-refractivity contribution >= 4 is 0 Å². The fourth-order valence-electron chi connectivity index (χ4n) is 1.98. The molecule has 1 fully saturated rings. The quantitative estimate of drug-likeness (QED) is 0.778. The van der Waals surface area contributed by atoms with Crippen molar-refractivity contribution in [2.45, 2.75) is 31.8 Å². The number of aromatic nitrogens is 1. The summed E-state index contributed by atoms with van der Waals surface area (Å²) in [6.45, 7) is 3.10. The van der Waals surface area contributed by atoms with E-state index in [0.29, 0.717) is 6.04 Å². The van der Waals surface area contributed by atoms with Crippen molar-refractivity contribution in [2.24, 2.45) is 0 Å². The van der Waals surface area contributed by atoms with Gasteiger partial charge in [0, 0.05) is 25.3 Å². The Bertz CT molecular complexity index is 267. The molecule has 1 atom stereocenters. The summed E-state index contributed by atoms with van der Waals surface area (Å²) in [7, 11) is 0. The van der Waals surface area contributed by atoms with Crippen molar-refractivity contribution in [1.82, 2.24) is 15.6 Å². The summed E-state index contributed by atoms with van der Waals surface area (Å²) in [5.41, 5.74) is 1.12. The van der Waals surface area contributed by atoms with E-state index in [1.54, 1.807) is 0 Å². The zero-order valence-corrected chi connectivity index (χ0v) is 9.08. The highest BCUT2D eigenvalue weighted by molar-refractivity contribution is 5.02. The first-order valence-electron chi connectivity index (χ1n) is 5.79. The number of hydrogen-bond donors (Lipinski definition) is 2. The lowest BCUT2D eigenvalue weighted by Crippen LogP contribution is -2.41. The molecular formula is C12H19N3. The van der Waals surface area contributed by atoms with Gasteiger partial charge in [0.15, 0.2) is 0 Å². The number of hydrogen-bond acceptors (Lipinski definition) is 3. The molecule has 0 radical (unpaired) electrons. The van der Waals surface area contributed by atoms with Crippen LogP contribution in [0.1, 0.15) is 25.0 Å². The Morgan fingerprint density at radius 3 is 3.13 bits per heavy atom. The predicted molar refractivity (Wildman–Crippen MR) is 61.6 cm³/mol. The molecule has 2 rings (SSSR count). The van der Waals surface area contributed by atoms with Crippen LogP contribution in [0.3, 0.4) is 0 Å². The average Bonchev–Trinajstić information content (AvgIpc) is 2.32. The Kier molecular flexibility index (Phi) is 4.11. The van der Waals surface area contributed by atoms with Gasteiger partial charge < -0.3 is 10.6 Å². The molecule has 0 aromatic carbocycles. The van der Waals surface area contributed by atoms with Crippen molar-refractivity contribution in [3.63, 3.8) is 0 Å². The van der Waals surface area contributed by atoms with Gasteiger partial charge in [-0.25, -0.2) is 0 Å². The second kappa shape index (κ2) is 5.83. The number of nitrogens with one attached hydrogen (secondary N) is 2. The van der Waals surface area contributed by atoms with E-state index in [1.165, 1.54) is 25.8 Å². The first-order valence-corrected chi connectivity index (χ1v) is 5.79. The fraction of sp³-hybridized carbons (Fsp3) is 0.583. The molecule has 0 saturated carbocycles. The van der Waals surface area contributed by atoms with Crippen molar-refractivity contribution < 1.29 is 0 Å². The zero-order chi connectivity index (χ0) is 10.3. The second-order valence-corrected chi connectivity index (χ2v) is 4.10. The Hall–Kier alpha value is -0.930. The Morgan fingerprint density at radius 1 is 1.40 bits per heavy atom. The Labute approximate surface area is 91.3 Å². The van der Waals surface area contributed by atoms with Crippen LogP contribution in [0, 0.1) is 0 Å². The third kappa shape index (κ3) is 3.61. The van der Waals surface area contributed by atoms with E-state index in [2.05, 4.69) is 21.7 Å². The largest absolute Gasteiger partial charge is 0.313 e. The van der Waals surface area contributed by atoms with E-state index in [4.69, 9.17) is 0 Å². The topological polar surface area (TPSA) is 37.0 Å². The van der Waals surface area contributed by atoms with Gasteiger partial charge in [-0.2, -0.15) is 0 Å². The molecule has 3 heteroatoms. The lowest BCUT2D eigenvalue weighted by molar-refractivity contribution is 0.382. The SMILES string of the molecule is c1ccc(CNC[C@H]2CCCCN2)nc1. The molecule has 15 heavy (non-hydrogen) atoms. The molecule has 1 aromatic heterocycles. The van der Waals surface area contributed by atoms with Gasteiger partial charge >= 0.3 is 0 Å². The smallest absolute Gasteiger partial charge is 0.0541 e. The van der Waals surface area contributed by atoms with E-state index in [1.807, 2.05) is 18.3 Å². The van der Waals surface area contributed by atoms with E-state index < -0.39 is 0 Å². The van der Waals surface area contributed by atoms with Crippen molar-refractivity contribution in [1.29, 1.82) is 0 Å². The number of pyridine rings is 1. The summed E-state index contributed by atoms with van der Waals surface area (Å²) in [4.78, 5) is 4.28. The highest BCUT2D eigenvalue weighted by Gasteiger charge is 2.11. The lowest BCUT2D eigenvalue weighted by atomic mass is 10.1. The van der Waals surface area contributed by atoms with Gasteiger partial charge in [0.05, 0.1) is 5.69 Å². The second-order valence-electron chi connectivity index (χ2n) is 4.10. The minimum Gasteiger partial charge on any atom is -0.313 e. The molecule has 0 spiro atoms. The first kappa shape index (κ1) is 10.6. The first-order chi connectivity index (χ1) is 7.45. The summed E-state index contributed by atoms with van der Waals surface area (Å²) < 4.78 is 0. The third-order valence-corrected chi connectivity index (χ3v) is 2.84. The minimum absolute atomic E-state index is 0.655. The number of rotatable bonds is 4. The van der Waals surface area contributed by atoms with Crippen LogP contribution < -0.4 is 10.6 Å². The minimum atomic E-state index is 0.655. The highest BCUT2D eigenvalue weighted by Crippen LogP contribution is 2.05. The maximum Gasteiger partial charge on any atom is 0.0541 e. The third-order valence-electron chi connectivity index (χ3n) is 2.84. The lowest BCUT2D eigenvalue weighted by Gasteiger charge is -2.23. The summed E-state index contributed by atoms with van der Waals surface area (Å²) in [5.74, 6) is 0. The molecule has 2 heterocycles. The molecule has 3 nitrogen and oxygen atoms in total. The maximum atomic E-state index is 4.28. The molecule has 1 aromatic rings. The standard InChI is InChI=1S/C12H19N3/c1-3-7-14-11(5-1)9-13-10-12-6-2-4-8-15-12/h1,3,5,7,12-13,15H,2,4,6,8-10H2/t12-/m1/s1. The molecule has 0 unspecified atom stereocenters. The highest BCUT2D eigenvalue weighted by atomic mass is 15.0. The van der Waals surface area contributed by atoms with Crippen LogP contribution in [0.4, 0.5) is 0 Å². The number of nitrogens with zero attached hydrogens (tertiary/aromatic N) is 1. The molecule has 1 aliphatic heterocycles. The Morgan fingerprint density at radius 2 is 2.40 bits per heavy atom. The average molecular weight is 205 g/mol. The van der Waals surface area contributed by atoms with E-state index >= 15 is 0 Å². The summed E-state index contributed by atoms with van der Waals surface area (Å²) >= 11 is 0. The molecule has 0 aliphatic carbocycles. The van der Waals surface area contributed by atoms with Gasteiger partial charge in [-0.1, -0.05) is 12.5 Å². The van der Waals surface area contributed by atoms with E-state index in [9.17, 15) is 0 Å². The molecule has 2 N–H and O–H groups in total. The van der Waals surface area contributed by atoms with Crippen LogP contribution in [0.15, 0.2) is 24.4 Å². The van der Waals surface area contributed by atoms with E-state index in [-0.39, 0.29) is 0 Å². The van der Waals surface area contributed by atoms with Gasteiger partial charge in [0.2, 0.25) is 0 Å².